The summed E-state index contributed by atoms with van der Waals surface area (Å²) >= 11 is 1.13. The van der Waals surface area contributed by atoms with Gasteiger partial charge in [-0.25, -0.2) is 0 Å². The van der Waals surface area contributed by atoms with E-state index in [0.29, 0.717) is 16.7 Å². The van der Waals surface area contributed by atoms with Crippen LogP contribution in [-0.4, -0.2) is 26.4 Å². The molecule has 1 aromatic heterocycles. The molecule has 0 aliphatic carbocycles. The number of hydrogen-bond acceptors (Lipinski definition) is 5. The minimum atomic E-state index is -4.47. The number of nitrogens with one attached hydrogen (secondary N) is 1. The Morgan fingerprint density at radius 2 is 1.94 bits per heavy atom. The number of carbonyl (C=O) groups is 1. The molecule has 1 heterocycles. The van der Waals surface area contributed by atoms with Crippen molar-refractivity contribution in [2.45, 2.75) is 31.3 Å². The summed E-state index contributed by atoms with van der Waals surface area (Å²) < 4.78 is 46.0. The number of benzene rings is 2. The largest absolute Gasteiger partial charge is 0.483 e. The number of anilines is 1. The number of aryl methyl sites for hydroxylation is 1. The molecule has 0 spiro atoms. The Morgan fingerprint density at radius 3 is 2.65 bits per heavy atom. The normalized spacial score (nSPS) is 12.5. The van der Waals surface area contributed by atoms with Crippen LogP contribution in [0.3, 0.4) is 0 Å². The van der Waals surface area contributed by atoms with E-state index in [1.54, 1.807) is 11.6 Å². The Morgan fingerprint density at radius 1 is 1.19 bits per heavy atom. The summed E-state index contributed by atoms with van der Waals surface area (Å²) in [6.45, 7) is 3.82. The van der Waals surface area contributed by atoms with Gasteiger partial charge in [0, 0.05) is 12.7 Å². The molecule has 0 fully saturated rings. The van der Waals surface area contributed by atoms with Gasteiger partial charge in [0.2, 0.25) is 5.91 Å². The predicted molar refractivity (Wildman–Crippen MR) is 112 cm³/mol. The van der Waals surface area contributed by atoms with Gasteiger partial charge in [0.1, 0.15) is 5.75 Å². The number of amides is 1. The zero-order valence-electron chi connectivity index (χ0n) is 17.1. The summed E-state index contributed by atoms with van der Waals surface area (Å²) in [7, 11) is 1.76. The molecule has 164 valence electrons. The smallest absolute Gasteiger partial charge is 0.416 e. The van der Waals surface area contributed by atoms with Crippen LogP contribution in [0.2, 0.25) is 0 Å². The number of thioether (sulfide) groups is 1. The summed E-state index contributed by atoms with van der Waals surface area (Å²) in [4.78, 5) is 12.2. The second-order valence-corrected chi connectivity index (χ2v) is 7.83. The Bertz CT molecular complexity index is 1070. The first-order valence-corrected chi connectivity index (χ1v) is 10.3. The zero-order chi connectivity index (χ0) is 22.6. The summed E-state index contributed by atoms with van der Waals surface area (Å²) in [5.74, 6) is 0.820. The van der Waals surface area contributed by atoms with E-state index in [1.165, 1.54) is 12.1 Å². The number of aromatic nitrogens is 3. The molecular weight excluding hydrogens is 429 g/mol. The first-order valence-electron chi connectivity index (χ1n) is 9.36. The van der Waals surface area contributed by atoms with Gasteiger partial charge in [-0.1, -0.05) is 30.0 Å². The molecule has 3 aromatic rings. The number of rotatable bonds is 7. The molecular formula is C21H21F3N4O2S. The van der Waals surface area contributed by atoms with Crippen LogP contribution in [0.5, 0.6) is 5.75 Å². The lowest BCUT2D eigenvalue weighted by Crippen LogP contribution is -2.15. The van der Waals surface area contributed by atoms with Crippen LogP contribution in [0.25, 0.3) is 0 Å². The fraction of sp³-hybridized carbons (Fsp3) is 0.286. The molecule has 1 amide bonds. The lowest BCUT2D eigenvalue weighted by molar-refractivity contribution is -0.137. The Balaban J connectivity index is 1.59. The van der Waals surface area contributed by atoms with E-state index in [4.69, 9.17) is 4.74 Å². The molecule has 2 aromatic carbocycles. The minimum Gasteiger partial charge on any atom is -0.483 e. The van der Waals surface area contributed by atoms with Gasteiger partial charge in [0.25, 0.3) is 0 Å². The van der Waals surface area contributed by atoms with E-state index >= 15 is 0 Å². The number of hydrogen-bond donors (Lipinski definition) is 1. The average Bonchev–Trinajstić information content (AvgIpc) is 3.06. The summed E-state index contributed by atoms with van der Waals surface area (Å²) in [6, 6.07) is 12.1. The summed E-state index contributed by atoms with van der Waals surface area (Å²) in [6.07, 6.45) is -4.84. The predicted octanol–water partition coefficient (Wildman–Crippen LogP) is 5.01. The molecule has 0 bridgehead atoms. The second-order valence-electron chi connectivity index (χ2n) is 6.89. The molecule has 10 heteroatoms. The highest BCUT2D eigenvalue weighted by Gasteiger charge is 2.30. The first-order chi connectivity index (χ1) is 14.6. The maximum atomic E-state index is 12.8. The third-order valence-electron chi connectivity index (χ3n) is 4.34. The van der Waals surface area contributed by atoms with Gasteiger partial charge < -0.3 is 14.6 Å². The van der Waals surface area contributed by atoms with Crippen molar-refractivity contribution in [1.82, 2.24) is 14.8 Å². The highest BCUT2D eigenvalue weighted by molar-refractivity contribution is 7.99. The van der Waals surface area contributed by atoms with Crippen molar-refractivity contribution in [1.29, 1.82) is 0 Å². The van der Waals surface area contributed by atoms with Crippen LogP contribution >= 0.6 is 11.8 Å². The average molecular weight is 450 g/mol. The Labute approximate surface area is 181 Å². The molecule has 6 nitrogen and oxygen atoms in total. The van der Waals surface area contributed by atoms with E-state index in [2.05, 4.69) is 15.5 Å². The molecule has 1 atom stereocenters. The fourth-order valence-corrected chi connectivity index (χ4v) is 3.57. The maximum Gasteiger partial charge on any atom is 0.416 e. The van der Waals surface area contributed by atoms with Crippen LogP contribution in [-0.2, 0) is 18.0 Å². The number of carbonyl (C=O) groups excluding carboxylic acids is 1. The highest BCUT2D eigenvalue weighted by Crippen LogP contribution is 2.31. The third kappa shape index (κ3) is 6.00. The van der Waals surface area contributed by atoms with Crippen molar-refractivity contribution >= 4 is 23.4 Å². The van der Waals surface area contributed by atoms with Crippen LogP contribution in [0.1, 0.15) is 30.0 Å². The lowest BCUT2D eigenvalue weighted by atomic mass is 10.2. The number of ether oxygens (including phenoxy) is 1. The van der Waals surface area contributed by atoms with Crippen LogP contribution in [0.4, 0.5) is 18.9 Å². The number of halogens is 3. The number of alkyl halides is 3. The first kappa shape index (κ1) is 22.7. The minimum absolute atomic E-state index is 0.0324. The van der Waals surface area contributed by atoms with Crippen molar-refractivity contribution in [2.24, 2.45) is 7.05 Å². The fourth-order valence-electron chi connectivity index (χ4n) is 2.85. The Kier molecular flexibility index (Phi) is 6.89. The topological polar surface area (TPSA) is 69.0 Å². The monoisotopic (exact) mass is 450 g/mol. The molecule has 0 aliphatic heterocycles. The van der Waals surface area contributed by atoms with Gasteiger partial charge in [-0.2, -0.15) is 13.2 Å². The van der Waals surface area contributed by atoms with E-state index in [1.807, 2.05) is 38.1 Å². The standard InChI is InChI=1S/C21H21F3N4O2S/c1-13-6-4-9-17(10-13)30-14(2)19-26-27-20(28(19)3)31-12-18(29)25-16-8-5-7-15(11-16)21(22,23)24/h4-11,14H,12H2,1-3H3,(H,25,29). The molecule has 1 N–H and O–H groups in total. The van der Waals surface area contributed by atoms with Gasteiger partial charge in [0.05, 0.1) is 11.3 Å². The quantitative estimate of drug-likeness (QED) is 0.513. The molecule has 3 rings (SSSR count). The van der Waals surface area contributed by atoms with Gasteiger partial charge in [0.15, 0.2) is 17.1 Å². The van der Waals surface area contributed by atoms with Crippen molar-refractivity contribution < 1.29 is 22.7 Å². The molecule has 0 saturated carbocycles. The van der Waals surface area contributed by atoms with Crippen LogP contribution < -0.4 is 10.1 Å². The van der Waals surface area contributed by atoms with Gasteiger partial charge >= 0.3 is 6.18 Å². The van der Waals surface area contributed by atoms with Crippen LogP contribution in [0.15, 0.2) is 53.7 Å². The number of nitrogens with zero attached hydrogens (tertiary/aromatic N) is 3. The lowest BCUT2D eigenvalue weighted by Gasteiger charge is -2.14. The van der Waals surface area contributed by atoms with Crippen LogP contribution in [0, 0.1) is 6.92 Å². The highest BCUT2D eigenvalue weighted by atomic mass is 32.2. The van der Waals surface area contributed by atoms with Crippen molar-refractivity contribution in [3.05, 3.63) is 65.5 Å². The van der Waals surface area contributed by atoms with E-state index in [0.717, 1.165) is 29.5 Å². The summed E-state index contributed by atoms with van der Waals surface area (Å²) in [5, 5.41) is 11.2. The molecule has 0 aliphatic rings. The third-order valence-corrected chi connectivity index (χ3v) is 5.36. The van der Waals surface area contributed by atoms with E-state index < -0.39 is 17.6 Å². The van der Waals surface area contributed by atoms with Crippen molar-refractivity contribution in [3.8, 4) is 5.75 Å². The molecule has 31 heavy (non-hydrogen) atoms. The SMILES string of the molecule is Cc1cccc(OC(C)c2nnc(SCC(=O)Nc3cccc(C(F)(F)F)c3)n2C)c1. The Hall–Kier alpha value is -3.01. The zero-order valence-corrected chi connectivity index (χ0v) is 17.9. The van der Waals surface area contributed by atoms with Crippen molar-refractivity contribution in [2.75, 3.05) is 11.1 Å². The van der Waals surface area contributed by atoms with Gasteiger partial charge in [-0.15, -0.1) is 10.2 Å². The van der Waals surface area contributed by atoms with Gasteiger partial charge in [-0.3, -0.25) is 4.79 Å². The molecule has 1 unspecified atom stereocenters. The van der Waals surface area contributed by atoms with Gasteiger partial charge in [-0.05, 0) is 49.7 Å². The summed E-state index contributed by atoms with van der Waals surface area (Å²) in [5.41, 5.74) is 0.337. The van der Waals surface area contributed by atoms with E-state index in [9.17, 15) is 18.0 Å². The molecule has 0 saturated heterocycles. The van der Waals surface area contributed by atoms with E-state index in [-0.39, 0.29) is 17.5 Å². The van der Waals surface area contributed by atoms with Crippen molar-refractivity contribution in [3.63, 3.8) is 0 Å². The molecule has 0 radical (unpaired) electrons. The second kappa shape index (κ2) is 9.42. The maximum absolute atomic E-state index is 12.8.